The molecule has 4 heteroatoms. The Hall–Kier alpha value is -0.280. The second kappa shape index (κ2) is 5.79. The van der Waals surface area contributed by atoms with Gasteiger partial charge < -0.3 is 10.6 Å². The summed E-state index contributed by atoms with van der Waals surface area (Å²) < 4.78 is 0. The van der Waals surface area contributed by atoms with Crippen molar-refractivity contribution in [1.82, 2.24) is 4.90 Å². The van der Waals surface area contributed by atoms with Crippen LogP contribution in [0.1, 0.15) is 51.4 Å². The lowest BCUT2D eigenvalue weighted by molar-refractivity contribution is -0.134. The lowest BCUT2D eigenvalue weighted by Gasteiger charge is -2.32. The van der Waals surface area contributed by atoms with Crippen molar-refractivity contribution in [3.63, 3.8) is 0 Å². The standard InChI is InChI=1S/C14H24N2O.ClH/c15-13-4-2-1-3-11(13)8-14(17)16-9-10-5-6-12(16)7-10;/h10-13H,1-9,15H2;1H. The fourth-order valence-electron chi connectivity index (χ4n) is 4.06. The minimum absolute atomic E-state index is 0. The van der Waals surface area contributed by atoms with Crippen molar-refractivity contribution in [2.24, 2.45) is 17.6 Å². The molecule has 1 amide bonds. The Kier molecular flexibility index (Phi) is 4.54. The molecule has 1 saturated heterocycles. The molecule has 0 aromatic rings. The van der Waals surface area contributed by atoms with Crippen molar-refractivity contribution in [2.75, 3.05) is 6.54 Å². The normalized spacial score (nSPS) is 38.6. The Morgan fingerprint density at radius 2 is 1.94 bits per heavy atom. The van der Waals surface area contributed by atoms with E-state index in [4.69, 9.17) is 5.73 Å². The first-order chi connectivity index (χ1) is 8.24. The molecule has 3 nitrogen and oxygen atoms in total. The van der Waals surface area contributed by atoms with Crippen LogP contribution in [0.15, 0.2) is 0 Å². The molecule has 4 atom stereocenters. The van der Waals surface area contributed by atoms with Gasteiger partial charge in [0.05, 0.1) is 0 Å². The highest BCUT2D eigenvalue weighted by atomic mass is 35.5. The quantitative estimate of drug-likeness (QED) is 0.839. The first-order valence-corrected chi connectivity index (χ1v) is 7.29. The molecule has 0 aromatic carbocycles. The zero-order valence-corrected chi connectivity index (χ0v) is 11.8. The summed E-state index contributed by atoms with van der Waals surface area (Å²) in [6, 6.07) is 0.847. The number of likely N-dealkylation sites (tertiary alicyclic amines) is 1. The average molecular weight is 273 g/mol. The smallest absolute Gasteiger partial charge is 0.223 e. The Morgan fingerprint density at radius 1 is 1.17 bits per heavy atom. The van der Waals surface area contributed by atoms with Gasteiger partial charge in [-0.1, -0.05) is 12.8 Å². The number of nitrogens with two attached hydrogens (primary N) is 1. The molecular formula is C14H25ClN2O. The molecule has 1 aliphatic heterocycles. The molecule has 0 spiro atoms. The number of halogens is 1. The zero-order chi connectivity index (χ0) is 11.8. The fourth-order valence-corrected chi connectivity index (χ4v) is 4.06. The van der Waals surface area contributed by atoms with E-state index >= 15 is 0 Å². The summed E-state index contributed by atoms with van der Waals surface area (Å²) in [5.74, 6) is 1.65. The van der Waals surface area contributed by atoms with Crippen LogP contribution in [-0.2, 0) is 4.79 Å². The number of hydrogen-bond acceptors (Lipinski definition) is 2. The van der Waals surface area contributed by atoms with E-state index in [0.717, 1.165) is 25.3 Å². The van der Waals surface area contributed by atoms with E-state index in [1.54, 1.807) is 0 Å². The third-order valence-electron chi connectivity index (χ3n) is 5.13. The van der Waals surface area contributed by atoms with Crippen molar-refractivity contribution < 1.29 is 4.79 Å². The van der Waals surface area contributed by atoms with Crippen LogP contribution in [-0.4, -0.2) is 29.4 Å². The Labute approximate surface area is 116 Å². The van der Waals surface area contributed by atoms with Gasteiger partial charge >= 0.3 is 0 Å². The molecule has 0 aromatic heterocycles. The monoisotopic (exact) mass is 272 g/mol. The highest BCUT2D eigenvalue weighted by molar-refractivity contribution is 5.85. The minimum atomic E-state index is 0. The largest absolute Gasteiger partial charge is 0.339 e. The Balaban J connectivity index is 0.00000120. The van der Waals surface area contributed by atoms with E-state index < -0.39 is 0 Å². The maximum absolute atomic E-state index is 12.3. The SMILES string of the molecule is Cl.NC1CCCCC1CC(=O)N1CC2CCC1C2. The molecule has 1 heterocycles. The summed E-state index contributed by atoms with van der Waals surface area (Å²) in [5, 5.41) is 0. The number of fused-ring (bicyclic) bond motifs is 2. The number of piperidine rings is 1. The van der Waals surface area contributed by atoms with E-state index in [2.05, 4.69) is 4.90 Å². The van der Waals surface area contributed by atoms with Crippen LogP contribution in [0, 0.1) is 11.8 Å². The summed E-state index contributed by atoms with van der Waals surface area (Å²) in [5.41, 5.74) is 6.13. The molecule has 4 unspecified atom stereocenters. The molecule has 2 aliphatic carbocycles. The summed E-state index contributed by atoms with van der Waals surface area (Å²) in [6.07, 6.45) is 9.36. The van der Waals surface area contributed by atoms with Gasteiger partial charge in [-0.15, -0.1) is 12.4 Å². The summed E-state index contributed by atoms with van der Waals surface area (Å²) in [7, 11) is 0. The second-order valence-corrected chi connectivity index (χ2v) is 6.29. The van der Waals surface area contributed by atoms with Gasteiger partial charge in [0, 0.05) is 25.0 Å². The fraction of sp³-hybridized carbons (Fsp3) is 0.929. The second-order valence-electron chi connectivity index (χ2n) is 6.29. The highest BCUT2D eigenvalue weighted by Gasteiger charge is 2.40. The Morgan fingerprint density at radius 3 is 2.56 bits per heavy atom. The third-order valence-corrected chi connectivity index (χ3v) is 5.13. The molecular weight excluding hydrogens is 248 g/mol. The maximum atomic E-state index is 12.3. The van der Waals surface area contributed by atoms with Crippen LogP contribution < -0.4 is 5.73 Å². The summed E-state index contributed by atoms with van der Waals surface area (Å²) >= 11 is 0. The predicted molar refractivity (Wildman–Crippen MR) is 74.6 cm³/mol. The van der Waals surface area contributed by atoms with Gasteiger partial charge in [-0.05, 0) is 43.9 Å². The summed E-state index contributed by atoms with van der Waals surface area (Å²) in [6.45, 7) is 1.03. The minimum Gasteiger partial charge on any atom is -0.339 e. The van der Waals surface area contributed by atoms with Crippen LogP contribution in [0.4, 0.5) is 0 Å². The zero-order valence-electron chi connectivity index (χ0n) is 11.0. The molecule has 0 radical (unpaired) electrons. The number of carbonyl (C=O) groups is 1. The maximum Gasteiger partial charge on any atom is 0.223 e. The van der Waals surface area contributed by atoms with Gasteiger partial charge in [0.25, 0.3) is 0 Å². The van der Waals surface area contributed by atoms with Crippen LogP contribution >= 0.6 is 12.4 Å². The first-order valence-electron chi connectivity index (χ1n) is 7.29. The van der Waals surface area contributed by atoms with Crippen molar-refractivity contribution in [3.8, 4) is 0 Å². The number of carbonyl (C=O) groups excluding carboxylic acids is 1. The van der Waals surface area contributed by atoms with Crippen molar-refractivity contribution in [1.29, 1.82) is 0 Å². The van der Waals surface area contributed by atoms with E-state index in [0.29, 0.717) is 24.3 Å². The summed E-state index contributed by atoms with van der Waals surface area (Å²) in [4.78, 5) is 14.5. The highest BCUT2D eigenvalue weighted by Crippen LogP contribution is 2.38. The van der Waals surface area contributed by atoms with Crippen molar-refractivity contribution in [3.05, 3.63) is 0 Å². The Bertz CT molecular complexity index is 310. The lowest BCUT2D eigenvalue weighted by atomic mass is 9.82. The molecule has 3 fully saturated rings. The molecule has 2 saturated carbocycles. The third kappa shape index (κ3) is 2.67. The average Bonchev–Trinajstić information content (AvgIpc) is 2.94. The van der Waals surface area contributed by atoms with Crippen LogP contribution in [0.2, 0.25) is 0 Å². The molecule has 18 heavy (non-hydrogen) atoms. The van der Waals surface area contributed by atoms with Gasteiger partial charge in [-0.2, -0.15) is 0 Å². The lowest BCUT2D eigenvalue weighted by Crippen LogP contribution is -2.41. The van der Waals surface area contributed by atoms with Gasteiger partial charge in [0.15, 0.2) is 0 Å². The van der Waals surface area contributed by atoms with Crippen LogP contribution in [0.25, 0.3) is 0 Å². The molecule has 2 N–H and O–H groups in total. The van der Waals surface area contributed by atoms with Gasteiger partial charge in [-0.25, -0.2) is 0 Å². The number of nitrogens with zero attached hydrogens (tertiary/aromatic N) is 1. The topological polar surface area (TPSA) is 46.3 Å². The van der Waals surface area contributed by atoms with E-state index in [9.17, 15) is 4.79 Å². The van der Waals surface area contributed by atoms with Gasteiger partial charge in [-0.3, -0.25) is 4.79 Å². The molecule has 104 valence electrons. The van der Waals surface area contributed by atoms with Crippen LogP contribution in [0.5, 0.6) is 0 Å². The first kappa shape index (κ1) is 14.1. The van der Waals surface area contributed by atoms with Crippen LogP contribution in [0.3, 0.4) is 0 Å². The van der Waals surface area contributed by atoms with Gasteiger partial charge in [0.2, 0.25) is 5.91 Å². The van der Waals surface area contributed by atoms with E-state index in [1.807, 2.05) is 0 Å². The molecule has 2 bridgehead atoms. The number of hydrogen-bond donors (Lipinski definition) is 1. The number of amides is 1. The van der Waals surface area contributed by atoms with E-state index in [1.165, 1.54) is 32.1 Å². The van der Waals surface area contributed by atoms with Gasteiger partial charge in [0.1, 0.15) is 0 Å². The van der Waals surface area contributed by atoms with Crippen molar-refractivity contribution in [2.45, 2.75) is 63.5 Å². The molecule has 3 rings (SSSR count). The predicted octanol–water partition coefficient (Wildman–Crippen LogP) is 2.33. The number of rotatable bonds is 2. The molecule has 3 aliphatic rings. The van der Waals surface area contributed by atoms with Crippen molar-refractivity contribution >= 4 is 18.3 Å². The van der Waals surface area contributed by atoms with E-state index in [-0.39, 0.29) is 18.4 Å².